The van der Waals surface area contributed by atoms with Crippen molar-refractivity contribution in [3.05, 3.63) is 59.4 Å². The number of anilines is 1. The van der Waals surface area contributed by atoms with Crippen LogP contribution in [-0.4, -0.2) is 67.5 Å². The Labute approximate surface area is 194 Å². The number of amides is 1. The summed E-state index contributed by atoms with van der Waals surface area (Å²) < 4.78 is 37.3. The molecule has 1 aliphatic heterocycles. The molecule has 12 heteroatoms. The van der Waals surface area contributed by atoms with E-state index in [0.29, 0.717) is 24.2 Å². The highest BCUT2D eigenvalue weighted by Gasteiger charge is 2.28. The Bertz CT molecular complexity index is 1310. The Balaban J connectivity index is 1.41. The Kier molecular flexibility index (Phi) is 6.84. The molecule has 0 unspecified atom stereocenters. The number of morpholine rings is 1. The number of aromatic nitrogens is 2. The third-order valence-corrected chi connectivity index (χ3v) is 7.18. The highest BCUT2D eigenvalue weighted by Crippen LogP contribution is 2.28. The van der Waals surface area contributed by atoms with E-state index in [4.69, 9.17) is 21.1 Å². The largest absolute Gasteiger partial charge is 0.451 e. The molecule has 4 rings (SSSR count). The molecule has 2 aromatic carbocycles. The lowest BCUT2D eigenvalue weighted by Gasteiger charge is -2.26. The lowest BCUT2D eigenvalue weighted by molar-refractivity contribution is -0.119. The molecule has 1 aromatic heterocycles. The molecule has 1 N–H and O–H groups in total. The van der Waals surface area contributed by atoms with Gasteiger partial charge in [-0.15, -0.1) is 0 Å². The molecular weight excluding hydrogens is 472 g/mol. The number of sulfonamides is 1. The van der Waals surface area contributed by atoms with Crippen molar-refractivity contribution in [1.82, 2.24) is 14.3 Å². The molecule has 2 heterocycles. The predicted octanol–water partition coefficient (Wildman–Crippen LogP) is 2.10. The van der Waals surface area contributed by atoms with Crippen LogP contribution in [0, 0.1) is 0 Å². The molecule has 1 aliphatic rings. The summed E-state index contributed by atoms with van der Waals surface area (Å²) in [5.41, 5.74) is 1.30. The molecule has 0 radical (unpaired) electrons. The maximum Gasteiger partial charge on any atom is 0.359 e. The number of ether oxygens (including phenoxy) is 2. The van der Waals surface area contributed by atoms with E-state index in [2.05, 4.69) is 15.3 Å². The van der Waals surface area contributed by atoms with Crippen LogP contribution in [0.1, 0.15) is 10.5 Å². The first-order chi connectivity index (χ1) is 15.8. The van der Waals surface area contributed by atoms with Gasteiger partial charge in [-0.25, -0.2) is 18.2 Å². The van der Waals surface area contributed by atoms with Gasteiger partial charge >= 0.3 is 5.97 Å². The average molecular weight is 491 g/mol. The van der Waals surface area contributed by atoms with Crippen molar-refractivity contribution < 1.29 is 27.5 Å². The Morgan fingerprint density at radius 1 is 1.12 bits per heavy atom. The fraction of sp³-hybridized carbons (Fsp3) is 0.238. The lowest BCUT2D eigenvalue weighted by Crippen LogP contribution is -2.40. The molecule has 0 saturated carbocycles. The quantitative estimate of drug-likeness (QED) is 0.520. The van der Waals surface area contributed by atoms with Gasteiger partial charge in [-0.3, -0.25) is 9.78 Å². The standard InChI is InChI=1S/C21H19ClN4O6S/c22-15-6-5-14(11-19(15)33(29,30)26-7-9-31-10-8-26)24-20(27)13-32-21(28)18-12-23-16-3-1-2-4-17(16)25-18/h1-6,11-12H,7-10,13H2,(H,24,27). The average Bonchev–Trinajstić information content (AvgIpc) is 2.84. The lowest BCUT2D eigenvalue weighted by atomic mass is 10.3. The number of carbonyl (C=O) groups excluding carboxylic acids is 2. The second kappa shape index (κ2) is 9.79. The van der Waals surface area contributed by atoms with Gasteiger partial charge < -0.3 is 14.8 Å². The molecule has 0 atom stereocenters. The van der Waals surface area contributed by atoms with Gasteiger partial charge in [0.25, 0.3) is 5.91 Å². The van der Waals surface area contributed by atoms with Crippen molar-refractivity contribution in [1.29, 1.82) is 0 Å². The number of esters is 1. The van der Waals surface area contributed by atoms with Crippen LogP contribution in [0.5, 0.6) is 0 Å². The Hall–Kier alpha value is -3.12. The number of para-hydroxylation sites is 2. The van der Waals surface area contributed by atoms with E-state index in [9.17, 15) is 18.0 Å². The minimum Gasteiger partial charge on any atom is -0.451 e. The van der Waals surface area contributed by atoms with Gasteiger partial charge in [0.1, 0.15) is 4.90 Å². The van der Waals surface area contributed by atoms with E-state index in [-0.39, 0.29) is 34.4 Å². The van der Waals surface area contributed by atoms with Gasteiger partial charge in [-0.1, -0.05) is 23.7 Å². The minimum absolute atomic E-state index is 0.0285. The van der Waals surface area contributed by atoms with Gasteiger partial charge in [0.15, 0.2) is 12.3 Å². The topological polar surface area (TPSA) is 128 Å². The number of nitrogens with zero attached hydrogens (tertiary/aromatic N) is 3. The molecule has 3 aromatic rings. The SMILES string of the molecule is O=C(COC(=O)c1cnc2ccccc2n1)Nc1ccc(Cl)c(S(=O)(=O)N2CCOCC2)c1. The molecule has 1 saturated heterocycles. The first-order valence-corrected chi connectivity index (χ1v) is 11.7. The van der Waals surface area contributed by atoms with E-state index in [1.807, 2.05) is 0 Å². The van der Waals surface area contributed by atoms with Crippen molar-refractivity contribution in [2.75, 3.05) is 38.2 Å². The summed E-state index contributed by atoms with van der Waals surface area (Å²) >= 11 is 6.12. The summed E-state index contributed by atoms with van der Waals surface area (Å²) in [4.78, 5) is 32.7. The molecule has 1 fully saturated rings. The summed E-state index contributed by atoms with van der Waals surface area (Å²) in [6.07, 6.45) is 1.27. The minimum atomic E-state index is -3.86. The maximum atomic E-state index is 12.9. The monoisotopic (exact) mass is 490 g/mol. The number of hydrogen-bond acceptors (Lipinski definition) is 8. The molecule has 10 nitrogen and oxygen atoms in total. The third-order valence-electron chi connectivity index (χ3n) is 4.79. The van der Waals surface area contributed by atoms with Crippen LogP contribution in [0.15, 0.2) is 53.6 Å². The third kappa shape index (κ3) is 5.28. The van der Waals surface area contributed by atoms with E-state index in [1.165, 1.54) is 28.7 Å². The van der Waals surface area contributed by atoms with Crippen molar-refractivity contribution in [2.45, 2.75) is 4.90 Å². The van der Waals surface area contributed by atoms with Crippen molar-refractivity contribution in [3.63, 3.8) is 0 Å². The molecule has 172 valence electrons. The van der Waals surface area contributed by atoms with Crippen molar-refractivity contribution >= 4 is 50.2 Å². The second-order valence-electron chi connectivity index (χ2n) is 7.03. The number of nitrogens with one attached hydrogen (secondary N) is 1. The smallest absolute Gasteiger partial charge is 0.359 e. The number of rotatable bonds is 6. The Morgan fingerprint density at radius 3 is 2.61 bits per heavy atom. The highest BCUT2D eigenvalue weighted by molar-refractivity contribution is 7.89. The summed E-state index contributed by atoms with van der Waals surface area (Å²) in [6.45, 7) is 0.410. The van der Waals surface area contributed by atoms with E-state index < -0.39 is 28.5 Å². The fourth-order valence-corrected chi connectivity index (χ4v) is 5.07. The maximum absolute atomic E-state index is 12.9. The number of carbonyl (C=O) groups is 2. The summed E-state index contributed by atoms with van der Waals surface area (Å²) in [5, 5.41) is 2.53. The van der Waals surface area contributed by atoms with Crippen molar-refractivity contribution in [2.24, 2.45) is 0 Å². The zero-order chi connectivity index (χ0) is 23.4. The second-order valence-corrected chi connectivity index (χ2v) is 9.34. The van der Waals surface area contributed by atoms with E-state index >= 15 is 0 Å². The molecular formula is C21H19ClN4O6S. The first kappa shape index (κ1) is 23.1. The fourth-order valence-electron chi connectivity index (χ4n) is 3.16. The van der Waals surface area contributed by atoms with Gasteiger partial charge in [0, 0.05) is 18.8 Å². The number of hydrogen-bond donors (Lipinski definition) is 1. The summed E-state index contributed by atoms with van der Waals surface area (Å²) in [6, 6.07) is 11.1. The Morgan fingerprint density at radius 2 is 1.85 bits per heavy atom. The van der Waals surface area contributed by atoms with Gasteiger partial charge in [-0.05, 0) is 30.3 Å². The van der Waals surface area contributed by atoms with Crippen LogP contribution >= 0.6 is 11.6 Å². The number of halogens is 1. The van der Waals surface area contributed by atoms with Gasteiger partial charge in [0.05, 0.1) is 35.5 Å². The summed E-state index contributed by atoms with van der Waals surface area (Å²) in [5.74, 6) is -1.47. The number of benzene rings is 2. The van der Waals surface area contributed by atoms with Gasteiger partial charge in [-0.2, -0.15) is 4.31 Å². The zero-order valence-electron chi connectivity index (χ0n) is 17.2. The molecule has 33 heavy (non-hydrogen) atoms. The van der Waals surface area contributed by atoms with Crippen LogP contribution in [0.4, 0.5) is 5.69 Å². The zero-order valence-corrected chi connectivity index (χ0v) is 18.8. The van der Waals surface area contributed by atoms with Crippen LogP contribution in [0.2, 0.25) is 5.02 Å². The molecule has 1 amide bonds. The van der Waals surface area contributed by atoms with Crippen LogP contribution in [0.3, 0.4) is 0 Å². The van der Waals surface area contributed by atoms with E-state index in [0.717, 1.165) is 0 Å². The van der Waals surface area contributed by atoms with Crippen LogP contribution in [0.25, 0.3) is 11.0 Å². The van der Waals surface area contributed by atoms with Crippen LogP contribution < -0.4 is 5.32 Å². The normalized spacial score (nSPS) is 14.7. The van der Waals surface area contributed by atoms with Crippen LogP contribution in [-0.2, 0) is 24.3 Å². The summed E-state index contributed by atoms with van der Waals surface area (Å²) in [7, 11) is -3.86. The number of fused-ring (bicyclic) bond motifs is 1. The molecule has 0 bridgehead atoms. The van der Waals surface area contributed by atoms with Gasteiger partial charge in [0.2, 0.25) is 10.0 Å². The molecule has 0 aliphatic carbocycles. The van der Waals surface area contributed by atoms with E-state index in [1.54, 1.807) is 24.3 Å². The highest BCUT2D eigenvalue weighted by atomic mass is 35.5. The van der Waals surface area contributed by atoms with Crippen molar-refractivity contribution in [3.8, 4) is 0 Å². The first-order valence-electron chi connectivity index (χ1n) is 9.91. The molecule has 0 spiro atoms. The predicted molar refractivity (Wildman–Crippen MR) is 119 cm³/mol.